The number of hydrogen-bond acceptors (Lipinski definition) is 4. The number of nitro groups is 1. The van der Waals surface area contributed by atoms with E-state index in [1.54, 1.807) is 0 Å². The quantitative estimate of drug-likeness (QED) is 0.377. The fourth-order valence-corrected chi connectivity index (χ4v) is 5.47. The largest absolute Gasteiger partial charge is 0.355 e. The van der Waals surface area contributed by atoms with E-state index in [2.05, 4.69) is 16.8 Å². The normalized spacial score (nSPS) is 18.9. The topological polar surface area (TPSA) is 49.6 Å². The van der Waals surface area contributed by atoms with Gasteiger partial charge in [0.1, 0.15) is 0 Å². The molecule has 5 rings (SSSR count). The molecule has 0 aromatic heterocycles. The standard InChI is InChI=1S/C22H23N3O2/c1-23(22-12-6-14-24(22)15-7-13-22)20-16-8-2-4-10-18(16)21(25(26)27)19-11-5-3-9-17(19)20/h2-5,8-11H,6-7,12-15H2,1H3. The minimum absolute atomic E-state index is 0.0433. The lowest BCUT2D eigenvalue weighted by atomic mass is 9.94. The molecule has 0 N–H and O–H groups in total. The highest BCUT2D eigenvalue weighted by molar-refractivity contribution is 6.18. The van der Waals surface area contributed by atoms with Gasteiger partial charge in [0.25, 0.3) is 5.69 Å². The highest BCUT2D eigenvalue weighted by atomic mass is 16.6. The summed E-state index contributed by atoms with van der Waals surface area (Å²) in [6, 6.07) is 15.6. The number of non-ortho nitro benzene ring substituents is 1. The molecule has 5 heteroatoms. The summed E-state index contributed by atoms with van der Waals surface area (Å²) in [6.07, 6.45) is 4.74. The Morgan fingerprint density at radius 1 is 0.926 bits per heavy atom. The second-order valence-electron chi connectivity index (χ2n) is 7.78. The van der Waals surface area contributed by atoms with E-state index in [0.29, 0.717) is 0 Å². The molecule has 138 valence electrons. The van der Waals surface area contributed by atoms with Crippen molar-refractivity contribution in [1.82, 2.24) is 4.90 Å². The van der Waals surface area contributed by atoms with Crippen molar-refractivity contribution in [2.45, 2.75) is 31.3 Å². The van der Waals surface area contributed by atoms with Gasteiger partial charge >= 0.3 is 0 Å². The SMILES string of the molecule is CN(c1c2ccccc2c([N+](=O)[O-])c2ccccc12)C12CCCN1CCC2. The zero-order valence-corrected chi connectivity index (χ0v) is 15.5. The molecule has 0 saturated carbocycles. The molecule has 0 amide bonds. The summed E-state index contributed by atoms with van der Waals surface area (Å²) in [6.45, 7) is 2.29. The first-order chi connectivity index (χ1) is 13.1. The van der Waals surface area contributed by atoms with Crippen LogP contribution in [0.4, 0.5) is 11.4 Å². The summed E-state index contributed by atoms with van der Waals surface area (Å²) < 4.78 is 0. The van der Waals surface area contributed by atoms with Crippen LogP contribution in [0.5, 0.6) is 0 Å². The summed E-state index contributed by atoms with van der Waals surface area (Å²) in [5.41, 5.74) is 1.38. The predicted molar refractivity (Wildman–Crippen MR) is 109 cm³/mol. The maximum atomic E-state index is 11.9. The highest BCUT2D eigenvalue weighted by Crippen LogP contribution is 2.48. The van der Waals surface area contributed by atoms with Gasteiger partial charge in [0.05, 0.1) is 27.0 Å². The lowest BCUT2D eigenvalue weighted by molar-refractivity contribution is -0.381. The van der Waals surface area contributed by atoms with E-state index in [9.17, 15) is 10.1 Å². The molecule has 0 atom stereocenters. The van der Waals surface area contributed by atoms with Gasteiger partial charge < -0.3 is 4.90 Å². The van der Waals surface area contributed by atoms with Crippen molar-refractivity contribution in [1.29, 1.82) is 0 Å². The summed E-state index contributed by atoms with van der Waals surface area (Å²) in [5, 5.41) is 15.3. The van der Waals surface area contributed by atoms with Crippen LogP contribution in [0.15, 0.2) is 48.5 Å². The molecule has 0 bridgehead atoms. The van der Waals surface area contributed by atoms with Crippen molar-refractivity contribution in [3.63, 3.8) is 0 Å². The van der Waals surface area contributed by atoms with Crippen LogP contribution in [-0.2, 0) is 0 Å². The van der Waals surface area contributed by atoms with Crippen LogP contribution in [0, 0.1) is 10.1 Å². The number of anilines is 1. The van der Waals surface area contributed by atoms with Gasteiger partial charge in [-0.05, 0) is 37.8 Å². The first-order valence-corrected chi connectivity index (χ1v) is 9.70. The molecular formula is C22H23N3O2. The van der Waals surface area contributed by atoms with Gasteiger partial charge in [-0.15, -0.1) is 0 Å². The van der Waals surface area contributed by atoms with Gasteiger partial charge in [0, 0.05) is 30.9 Å². The van der Waals surface area contributed by atoms with Gasteiger partial charge in [-0.3, -0.25) is 15.0 Å². The van der Waals surface area contributed by atoms with E-state index in [-0.39, 0.29) is 16.3 Å². The monoisotopic (exact) mass is 361 g/mol. The fraction of sp³-hybridized carbons (Fsp3) is 0.364. The van der Waals surface area contributed by atoms with Gasteiger partial charge in [0.2, 0.25) is 0 Å². The Labute approximate surface area is 158 Å². The minimum atomic E-state index is -0.232. The van der Waals surface area contributed by atoms with Crippen molar-refractivity contribution in [2.75, 3.05) is 25.0 Å². The second kappa shape index (κ2) is 5.92. The molecule has 2 aliphatic heterocycles. The number of nitrogens with zero attached hydrogens (tertiary/aromatic N) is 3. The molecule has 3 aromatic rings. The third-order valence-corrected chi connectivity index (χ3v) is 6.62. The van der Waals surface area contributed by atoms with Gasteiger partial charge in [0.15, 0.2) is 0 Å². The lowest BCUT2D eigenvalue weighted by Crippen LogP contribution is -2.52. The molecule has 0 radical (unpaired) electrons. The van der Waals surface area contributed by atoms with Crippen molar-refractivity contribution < 1.29 is 4.92 Å². The molecule has 3 aromatic carbocycles. The molecule has 5 nitrogen and oxygen atoms in total. The summed E-state index contributed by atoms with van der Waals surface area (Å²) in [4.78, 5) is 16.7. The summed E-state index contributed by atoms with van der Waals surface area (Å²) in [5.74, 6) is 0. The van der Waals surface area contributed by atoms with Crippen molar-refractivity contribution in [2.24, 2.45) is 0 Å². The smallest absolute Gasteiger partial charge is 0.285 e. The van der Waals surface area contributed by atoms with E-state index < -0.39 is 0 Å². The first kappa shape index (κ1) is 16.5. The molecule has 2 aliphatic rings. The van der Waals surface area contributed by atoms with Crippen molar-refractivity contribution in [3.8, 4) is 0 Å². The van der Waals surface area contributed by atoms with E-state index in [4.69, 9.17) is 0 Å². The molecule has 2 heterocycles. The van der Waals surface area contributed by atoms with E-state index in [1.165, 1.54) is 12.8 Å². The van der Waals surface area contributed by atoms with Crippen LogP contribution in [0.3, 0.4) is 0 Å². The Bertz CT molecular complexity index is 995. The maximum absolute atomic E-state index is 11.9. The molecule has 0 aliphatic carbocycles. The zero-order chi connectivity index (χ0) is 18.6. The zero-order valence-electron chi connectivity index (χ0n) is 15.5. The van der Waals surface area contributed by atoms with Crippen molar-refractivity contribution >= 4 is 32.9 Å². The summed E-state index contributed by atoms with van der Waals surface area (Å²) >= 11 is 0. The van der Waals surface area contributed by atoms with Gasteiger partial charge in [-0.1, -0.05) is 36.4 Å². The molecule has 2 fully saturated rings. The van der Waals surface area contributed by atoms with Crippen LogP contribution in [0.2, 0.25) is 0 Å². The Morgan fingerprint density at radius 3 is 1.89 bits per heavy atom. The van der Waals surface area contributed by atoms with E-state index >= 15 is 0 Å². The van der Waals surface area contributed by atoms with Crippen LogP contribution >= 0.6 is 0 Å². The van der Waals surface area contributed by atoms with Crippen LogP contribution in [0.25, 0.3) is 21.5 Å². The van der Waals surface area contributed by atoms with Crippen LogP contribution in [0.1, 0.15) is 25.7 Å². The maximum Gasteiger partial charge on any atom is 0.285 e. The van der Waals surface area contributed by atoms with E-state index in [0.717, 1.165) is 53.2 Å². The third kappa shape index (κ3) is 2.21. The Morgan fingerprint density at radius 2 is 1.41 bits per heavy atom. The summed E-state index contributed by atoms with van der Waals surface area (Å²) in [7, 11) is 2.18. The molecule has 0 spiro atoms. The minimum Gasteiger partial charge on any atom is -0.355 e. The number of rotatable bonds is 3. The molecule has 2 saturated heterocycles. The number of nitro benzene ring substituents is 1. The highest BCUT2D eigenvalue weighted by Gasteiger charge is 2.48. The van der Waals surface area contributed by atoms with Gasteiger partial charge in [-0.25, -0.2) is 0 Å². The third-order valence-electron chi connectivity index (χ3n) is 6.62. The Hall–Kier alpha value is -2.66. The van der Waals surface area contributed by atoms with Crippen molar-refractivity contribution in [3.05, 3.63) is 58.6 Å². The van der Waals surface area contributed by atoms with Crippen LogP contribution < -0.4 is 4.90 Å². The fourth-order valence-electron chi connectivity index (χ4n) is 5.47. The first-order valence-electron chi connectivity index (χ1n) is 9.70. The van der Waals surface area contributed by atoms with Crippen LogP contribution in [-0.4, -0.2) is 35.6 Å². The molecule has 0 unspecified atom stereocenters. The van der Waals surface area contributed by atoms with E-state index in [1.807, 2.05) is 48.5 Å². The Kier molecular flexibility index (Phi) is 3.62. The Balaban J connectivity index is 1.86. The number of fused-ring (bicyclic) bond motifs is 3. The molecular weight excluding hydrogens is 338 g/mol. The predicted octanol–water partition coefficient (Wildman–Crippen LogP) is 4.92. The number of hydrogen-bond donors (Lipinski definition) is 0. The average molecular weight is 361 g/mol. The molecule has 27 heavy (non-hydrogen) atoms. The number of benzene rings is 3. The second-order valence-corrected chi connectivity index (χ2v) is 7.78. The lowest BCUT2D eigenvalue weighted by Gasteiger charge is -2.43. The van der Waals surface area contributed by atoms with Gasteiger partial charge in [-0.2, -0.15) is 0 Å². The average Bonchev–Trinajstić information content (AvgIpc) is 3.26.